The first kappa shape index (κ1) is 16.0. The molecule has 2 aromatic heterocycles. The maximum absolute atomic E-state index is 13.8. The SMILES string of the molecule is Cc1ccc(F)c(NC(=O)c2cnn3c(C(F)F)cc(C)nc23)c1. The molecule has 0 spiro atoms. The number of hydrogen-bond acceptors (Lipinski definition) is 3. The topological polar surface area (TPSA) is 59.3 Å². The summed E-state index contributed by atoms with van der Waals surface area (Å²) in [5, 5.41) is 6.22. The van der Waals surface area contributed by atoms with Crippen molar-refractivity contribution in [2.45, 2.75) is 20.3 Å². The Balaban J connectivity index is 2.03. The van der Waals surface area contributed by atoms with Gasteiger partial charge in [0.05, 0.1) is 11.9 Å². The molecule has 1 N–H and O–H groups in total. The average Bonchev–Trinajstić information content (AvgIpc) is 2.93. The van der Waals surface area contributed by atoms with Crippen LogP contribution in [0.1, 0.15) is 33.7 Å². The summed E-state index contributed by atoms with van der Waals surface area (Å²) in [5.41, 5.74) is 0.714. The Morgan fingerprint density at radius 1 is 1.25 bits per heavy atom. The molecular weight excluding hydrogens is 321 g/mol. The van der Waals surface area contributed by atoms with E-state index in [4.69, 9.17) is 0 Å². The summed E-state index contributed by atoms with van der Waals surface area (Å²) in [5.74, 6) is -1.27. The van der Waals surface area contributed by atoms with Gasteiger partial charge in [0.2, 0.25) is 0 Å². The van der Waals surface area contributed by atoms with Crippen LogP contribution in [0.25, 0.3) is 5.65 Å². The van der Waals surface area contributed by atoms with Gasteiger partial charge >= 0.3 is 0 Å². The van der Waals surface area contributed by atoms with Gasteiger partial charge in [0.25, 0.3) is 12.3 Å². The van der Waals surface area contributed by atoms with Crippen LogP contribution in [0.3, 0.4) is 0 Å². The minimum absolute atomic E-state index is 0.00101. The molecule has 124 valence electrons. The maximum Gasteiger partial charge on any atom is 0.280 e. The van der Waals surface area contributed by atoms with Crippen molar-refractivity contribution in [1.82, 2.24) is 14.6 Å². The van der Waals surface area contributed by atoms with Crippen molar-refractivity contribution in [2.75, 3.05) is 5.32 Å². The standard InChI is InChI=1S/C16H13F3N4O/c1-8-3-4-11(17)12(5-8)22-16(24)10-7-20-23-13(14(18)19)6-9(2)21-15(10)23/h3-7,14H,1-2H3,(H,22,24). The summed E-state index contributed by atoms with van der Waals surface area (Å²) in [7, 11) is 0. The van der Waals surface area contributed by atoms with Crippen molar-refractivity contribution in [3.8, 4) is 0 Å². The number of aromatic nitrogens is 3. The van der Waals surface area contributed by atoms with Gasteiger partial charge in [0.15, 0.2) is 5.65 Å². The van der Waals surface area contributed by atoms with Gasteiger partial charge in [-0.05, 0) is 37.6 Å². The second-order valence-electron chi connectivity index (χ2n) is 5.35. The zero-order valence-electron chi connectivity index (χ0n) is 12.8. The monoisotopic (exact) mass is 334 g/mol. The van der Waals surface area contributed by atoms with Gasteiger partial charge in [-0.2, -0.15) is 5.10 Å². The number of anilines is 1. The van der Waals surface area contributed by atoms with E-state index >= 15 is 0 Å². The molecule has 24 heavy (non-hydrogen) atoms. The fraction of sp³-hybridized carbons (Fsp3) is 0.188. The molecule has 0 fully saturated rings. The number of amides is 1. The molecule has 3 rings (SSSR count). The zero-order chi connectivity index (χ0) is 17.4. The van der Waals surface area contributed by atoms with E-state index in [1.807, 2.05) is 0 Å². The molecule has 2 heterocycles. The predicted molar refractivity (Wildman–Crippen MR) is 81.8 cm³/mol. The summed E-state index contributed by atoms with van der Waals surface area (Å²) in [6, 6.07) is 5.48. The van der Waals surface area contributed by atoms with Crippen LogP contribution >= 0.6 is 0 Å². The van der Waals surface area contributed by atoms with Crippen molar-refractivity contribution in [1.29, 1.82) is 0 Å². The second-order valence-corrected chi connectivity index (χ2v) is 5.35. The van der Waals surface area contributed by atoms with Gasteiger partial charge in [-0.25, -0.2) is 22.7 Å². The van der Waals surface area contributed by atoms with Gasteiger partial charge in [-0.15, -0.1) is 0 Å². The summed E-state index contributed by atoms with van der Waals surface area (Å²) in [6.45, 7) is 3.30. The third-order valence-electron chi connectivity index (χ3n) is 3.47. The Morgan fingerprint density at radius 2 is 2.00 bits per heavy atom. The normalized spacial score (nSPS) is 11.2. The number of carbonyl (C=O) groups excluding carboxylic acids is 1. The van der Waals surface area contributed by atoms with Crippen LogP contribution in [0.5, 0.6) is 0 Å². The van der Waals surface area contributed by atoms with Gasteiger partial charge < -0.3 is 5.32 Å². The molecule has 0 saturated heterocycles. The maximum atomic E-state index is 13.8. The number of halogens is 3. The summed E-state index contributed by atoms with van der Waals surface area (Å²) < 4.78 is 40.9. The molecule has 0 radical (unpaired) electrons. The Kier molecular flexibility index (Phi) is 3.96. The van der Waals surface area contributed by atoms with Gasteiger partial charge in [0, 0.05) is 5.69 Å². The second kappa shape index (κ2) is 5.95. The van der Waals surface area contributed by atoms with E-state index in [0.29, 0.717) is 5.69 Å². The van der Waals surface area contributed by atoms with E-state index in [-0.39, 0.29) is 22.6 Å². The largest absolute Gasteiger partial charge is 0.319 e. The minimum Gasteiger partial charge on any atom is -0.319 e. The van der Waals surface area contributed by atoms with Crippen molar-refractivity contribution < 1.29 is 18.0 Å². The van der Waals surface area contributed by atoms with Gasteiger partial charge in [-0.3, -0.25) is 4.79 Å². The number of alkyl halides is 2. The lowest BCUT2D eigenvalue weighted by molar-refractivity contribution is 0.102. The first-order chi connectivity index (χ1) is 11.4. The molecule has 0 aliphatic rings. The van der Waals surface area contributed by atoms with Gasteiger partial charge in [-0.1, -0.05) is 6.07 Å². The van der Waals surface area contributed by atoms with Crippen LogP contribution in [0.2, 0.25) is 0 Å². The fourth-order valence-corrected chi connectivity index (χ4v) is 2.35. The van der Waals surface area contributed by atoms with Crippen LogP contribution in [-0.4, -0.2) is 20.5 Å². The Hall–Kier alpha value is -2.90. The number of carbonyl (C=O) groups is 1. The number of nitrogens with zero attached hydrogens (tertiary/aromatic N) is 3. The highest BCUT2D eigenvalue weighted by atomic mass is 19.3. The van der Waals surface area contributed by atoms with Crippen LogP contribution < -0.4 is 5.32 Å². The van der Waals surface area contributed by atoms with E-state index in [2.05, 4.69) is 15.4 Å². The molecule has 0 aliphatic heterocycles. The summed E-state index contributed by atoms with van der Waals surface area (Å²) in [6.07, 6.45) is -1.63. The lowest BCUT2D eigenvalue weighted by Crippen LogP contribution is -2.14. The summed E-state index contributed by atoms with van der Waals surface area (Å²) in [4.78, 5) is 16.5. The molecule has 3 aromatic rings. The third kappa shape index (κ3) is 2.82. The predicted octanol–water partition coefficient (Wildman–Crippen LogP) is 3.68. The lowest BCUT2D eigenvalue weighted by Gasteiger charge is -2.08. The van der Waals surface area contributed by atoms with E-state index < -0.39 is 18.1 Å². The molecule has 0 bridgehead atoms. The highest BCUT2D eigenvalue weighted by molar-refractivity contribution is 6.08. The van der Waals surface area contributed by atoms with Crippen LogP contribution in [-0.2, 0) is 0 Å². The lowest BCUT2D eigenvalue weighted by atomic mass is 10.2. The van der Waals surface area contributed by atoms with Gasteiger partial charge in [0.1, 0.15) is 17.1 Å². The number of aryl methyl sites for hydroxylation is 2. The van der Waals surface area contributed by atoms with Crippen LogP contribution in [0.4, 0.5) is 18.9 Å². The Morgan fingerprint density at radius 3 is 2.71 bits per heavy atom. The highest BCUT2D eigenvalue weighted by Crippen LogP contribution is 2.23. The van der Waals surface area contributed by atoms with E-state index in [0.717, 1.165) is 16.3 Å². The number of fused-ring (bicyclic) bond motifs is 1. The number of benzene rings is 1. The highest BCUT2D eigenvalue weighted by Gasteiger charge is 2.21. The molecule has 0 saturated carbocycles. The van der Waals surface area contributed by atoms with Crippen LogP contribution in [0.15, 0.2) is 30.5 Å². The first-order valence-corrected chi connectivity index (χ1v) is 7.07. The molecule has 1 amide bonds. The van der Waals surface area contributed by atoms with E-state index in [1.54, 1.807) is 19.9 Å². The number of hydrogen-bond donors (Lipinski definition) is 1. The first-order valence-electron chi connectivity index (χ1n) is 7.07. The Bertz CT molecular complexity index is 936. The molecule has 0 aliphatic carbocycles. The van der Waals surface area contributed by atoms with E-state index in [1.165, 1.54) is 18.2 Å². The van der Waals surface area contributed by atoms with Crippen molar-refractivity contribution in [3.05, 3.63) is 58.8 Å². The van der Waals surface area contributed by atoms with Crippen molar-refractivity contribution >= 4 is 17.2 Å². The fourth-order valence-electron chi connectivity index (χ4n) is 2.35. The molecule has 1 aromatic carbocycles. The molecule has 0 unspecified atom stereocenters. The third-order valence-corrected chi connectivity index (χ3v) is 3.47. The Labute approximate surface area is 135 Å². The molecule has 5 nitrogen and oxygen atoms in total. The summed E-state index contributed by atoms with van der Waals surface area (Å²) >= 11 is 0. The molecule has 8 heteroatoms. The van der Waals surface area contributed by atoms with Crippen molar-refractivity contribution in [3.63, 3.8) is 0 Å². The zero-order valence-corrected chi connectivity index (χ0v) is 12.8. The smallest absolute Gasteiger partial charge is 0.280 e. The quantitative estimate of drug-likeness (QED) is 0.795. The van der Waals surface area contributed by atoms with E-state index in [9.17, 15) is 18.0 Å². The minimum atomic E-state index is -2.76. The number of rotatable bonds is 3. The average molecular weight is 334 g/mol. The molecular formula is C16H13F3N4O. The van der Waals surface area contributed by atoms with Crippen LogP contribution in [0, 0.1) is 19.7 Å². The van der Waals surface area contributed by atoms with Crippen molar-refractivity contribution in [2.24, 2.45) is 0 Å². The molecule has 0 atom stereocenters. The number of nitrogens with one attached hydrogen (secondary N) is 1.